The first-order valence-corrected chi connectivity index (χ1v) is 8.49. The number of carbonyl (C=O) groups is 1. The van der Waals surface area contributed by atoms with Crippen LogP contribution in [0, 0.1) is 6.92 Å². The smallest absolute Gasteiger partial charge is 0.344 e. The molecule has 0 saturated heterocycles. The van der Waals surface area contributed by atoms with Gasteiger partial charge >= 0.3 is 5.97 Å². The summed E-state index contributed by atoms with van der Waals surface area (Å²) in [6, 6.07) is 7.56. The maximum Gasteiger partial charge on any atom is 0.344 e. The SMILES string of the molecule is CCOC(=O)c1c(-c2cnncc2C)nn(Cc2ccc(OC)cc2)c1N. The van der Waals surface area contributed by atoms with Crippen LogP contribution in [-0.2, 0) is 11.3 Å². The first-order valence-electron chi connectivity index (χ1n) is 8.49. The Balaban J connectivity index is 2.06. The van der Waals surface area contributed by atoms with Crippen LogP contribution >= 0.6 is 0 Å². The maximum absolute atomic E-state index is 12.5. The molecule has 0 amide bonds. The lowest BCUT2D eigenvalue weighted by Gasteiger charge is -2.06. The fraction of sp³-hybridized carbons (Fsp3) is 0.263. The molecule has 2 aromatic heterocycles. The van der Waals surface area contributed by atoms with Crippen LogP contribution in [0.5, 0.6) is 5.75 Å². The van der Waals surface area contributed by atoms with Crippen molar-refractivity contribution in [2.24, 2.45) is 0 Å². The zero-order valence-electron chi connectivity index (χ0n) is 15.5. The van der Waals surface area contributed by atoms with Gasteiger partial charge in [0.25, 0.3) is 0 Å². The number of aromatic nitrogens is 4. The van der Waals surface area contributed by atoms with E-state index in [1.807, 2.05) is 31.2 Å². The highest BCUT2D eigenvalue weighted by atomic mass is 16.5. The van der Waals surface area contributed by atoms with E-state index >= 15 is 0 Å². The van der Waals surface area contributed by atoms with Crippen molar-refractivity contribution in [2.45, 2.75) is 20.4 Å². The van der Waals surface area contributed by atoms with Gasteiger partial charge in [-0.3, -0.25) is 0 Å². The number of aryl methyl sites for hydroxylation is 1. The molecule has 1 aromatic carbocycles. The summed E-state index contributed by atoms with van der Waals surface area (Å²) in [6.07, 6.45) is 3.18. The van der Waals surface area contributed by atoms with Gasteiger partial charge in [-0.15, -0.1) is 0 Å². The Bertz CT molecular complexity index is 950. The molecule has 0 unspecified atom stereocenters. The molecule has 2 heterocycles. The molecule has 0 aliphatic carbocycles. The van der Waals surface area contributed by atoms with Gasteiger partial charge in [-0.25, -0.2) is 9.48 Å². The molecule has 0 radical (unpaired) electrons. The number of nitrogen functional groups attached to an aromatic ring is 1. The zero-order chi connectivity index (χ0) is 19.4. The number of nitrogens with two attached hydrogens (primary N) is 1. The molecule has 140 valence electrons. The average molecular weight is 367 g/mol. The van der Waals surface area contributed by atoms with Crippen molar-refractivity contribution >= 4 is 11.8 Å². The van der Waals surface area contributed by atoms with Crippen LogP contribution in [0.15, 0.2) is 36.7 Å². The van der Waals surface area contributed by atoms with Gasteiger partial charge in [-0.05, 0) is 37.1 Å². The highest BCUT2D eigenvalue weighted by Gasteiger charge is 2.25. The average Bonchev–Trinajstić information content (AvgIpc) is 2.99. The molecule has 8 heteroatoms. The monoisotopic (exact) mass is 367 g/mol. The molecule has 0 atom stereocenters. The lowest BCUT2D eigenvalue weighted by atomic mass is 10.1. The van der Waals surface area contributed by atoms with Crippen molar-refractivity contribution in [3.63, 3.8) is 0 Å². The normalized spacial score (nSPS) is 10.6. The Labute approximate surface area is 156 Å². The van der Waals surface area contributed by atoms with E-state index in [1.54, 1.807) is 31.1 Å². The number of carbonyl (C=O) groups excluding carboxylic acids is 1. The minimum atomic E-state index is -0.512. The molecule has 3 aromatic rings. The van der Waals surface area contributed by atoms with E-state index in [4.69, 9.17) is 15.2 Å². The quantitative estimate of drug-likeness (QED) is 0.667. The molecule has 0 aliphatic heterocycles. The number of methoxy groups -OCH3 is 1. The number of ether oxygens (including phenoxy) is 2. The third-order valence-electron chi connectivity index (χ3n) is 4.15. The largest absolute Gasteiger partial charge is 0.497 e. The van der Waals surface area contributed by atoms with Gasteiger partial charge < -0.3 is 15.2 Å². The lowest BCUT2D eigenvalue weighted by Crippen LogP contribution is -2.10. The summed E-state index contributed by atoms with van der Waals surface area (Å²) in [4.78, 5) is 12.5. The first-order chi connectivity index (χ1) is 13.0. The number of rotatable bonds is 6. The van der Waals surface area contributed by atoms with E-state index in [0.29, 0.717) is 17.8 Å². The second kappa shape index (κ2) is 7.86. The molecule has 8 nitrogen and oxygen atoms in total. The van der Waals surface area contributed by atoms with Crippen molar-refractivity contribution in [3.8, 4) is 17.0 Å². The summed E-state index contributed by atoms with van der Waals surface area (Å²) in [5.41, 5.74) is 9.43. The number of hydrogen-bond acceptors (Lipinski definition) is 7. The molecule has 0 saturated carbocycles. The van der Waals surface area contributed by atoms with E-state index in [0.717, 1.165) is 16.9 Å². The van der Waals surface area contributed by atoms with Crippen LogP contribution in [0.2, 0.25) is 0 Å². The minimum absolute atomic E-state index is 0.237. The van der Waals surface area contributed by atoms with E-state index in [9.17, 15) is 4.79 Å². The van der Waals surface area contributed by atoms with Gasteiger partial charge in [0.05, 0.1) is 32.7 Å². The van der Waals surface area contributed by atoms with Crippen LogP contribution in [0.4, 0.5) is 5.82 Å². The van der Waals surface area contributed by atoms with Crippen molar-refractivity contribution in [1.82, 2.24) is 20.0 Å². The maximum atomic E-state index is 12.5. The Morgan fingerprint density at radius 1 is 1.19 bits per heavy atom. The van der Waals surface area contributed by atoms with Gasteiger partial charge in [0.1, 0.15) is 22.8 Å². The van der Waals surface area contributed by atoms with Crippen LogP contribution in [0.25, 0.3) is 11.3 Å². The zero-order valence-corrected chi connectivity index (χ0v) is 15.5. The summed E-state index contributed by atoms with van der Waals surface area (Å²) in [6.45, 7) is 4.27. The van der Waals surface area contributed by atoms with Crippen molar-refractivity contribution in [2.75, 3.05) is 19.5 Å². The van der Waals surface area contributed by atoms with Gasteiger partial charge in [0.15, 0.2) is 0 Å². The van der Waals surface area contributed by atoms with Crippen molar-refractivity contribution in [1.29, 1.82) is 0 Å². The van der Waals surface area contributed by atoms with Gasteiger partial charge in [0, 0.05) is 5.56 Å². The fourth-order valence-electron chi connectivity index (χ4n) is 2.72. The predicted octanol–water partition coefficient (Wildman–Crippen LogP) is 2.46. The second-order valence-electron chi connectivity index (χ2n) is 5.92. The standard InChI is InChI=1S/C19H21N5O3/c1-4-27-19(25)16-17(15-10-22-21-9-12(15)2)23-24(18(16)20)11-13-5-7-14(26-3)8-6-13/h5-10H,4,11,20H2,1-3H3. The first kappa shape index (κ1) is 18.4. The number of esters is 1. The Morgan fingerprint density at radius 2 is 1.89 bits per heavy atom. The van der Waals surface area contributed by atoms with E-state index < -0.39 is 5.97 Å². The van der Waals surface area contributed by atoms with Gasteiger partial charge in [0.2, 0.25) is 0 Å². The summed E-state index contributed by atoms with van der Waals surface area (Å²) >= 11 is 0. The molecular weight excluding hydrogens is 346 g/mol. The number of hydrogen-bond donors (Lipinski definition) is 1. The van der Waals surface area contributed by atoms with Crippen LogP contribution in [-0.4, -0.2) is 39.7 Å². The molecule has 2 N–H and O–H groups in total. The summed E-state index contributed by atoms with van der Waals surface area (Å²) in [7, 11) is 1.61. The molecule has 27 heavy (non-hydrogen) atoms. The number of anilines is 1. The molecular formula is C19H21N5O3. The van der Waals surface area contributed by atoms with Crippen molar-refractivity contribution < 1.29 is 14.3 Å². The molecule has 0 spiro atoms. The second-order valence-corrected chi connectivity index (χ2v) is 5.92. The topological polar surface area (TPSA) is 105 Å². The predicted molar refractivity (Wildman–Crippen MR) is 100 cm³/mol. The lowest BCUT2D eigenvalue weighted by molar-refractivity contribution is 0.0528. The molecule has 0 fully saturated rings. The number of benzene rings is 1. The molecule has 0 bridgehead atoms. The van der Waals surface area contributed by atoms with Gasteiger partial charge in [-0.2, -0.15) is 15.3 Å². The molecule has 3 rings (SSSR count). The van der Waals surface area contributed by atoms with E-state index in [2.05, 4.69) is 15.3 Å². The highest BCUT2D eigenvalue weighted by Crippen LogP contribution is 2.30. The third kappa shape index (κ3) is 3.74. The third-order valence-corrected chi connectivity index (χ3v) is 4.15. The fourth-order valence-corrected chi connectivity index (χ4v) is 2.72. The van der Waals surface area contributed by atoms with Crippen LogP contribution in [0.1, 0.15) is 28.4 Å². The minimum Gasteiger partial charge on any atom is -0.497 e. The Hall–Kier alpha value is -3.42. The van der Waals surface area contributed by atoms with Crippen molar-refractivity contribution in [3.05, 3.63) is 53.3 Å². The van der Waals surface area contributed by atoms with Gasteiger partial charge in [-0.1, -0.05) is 12.1 Å². The summed E-state index contributed by atoms with van der Waals surface area (Å²) in [5, 5.41) is 12.3. The Kier molecular flexibility index (Phi) is 5.35. The van der Waals surface area contributed by atoms with E-state index in [1.165, 1.54) is 0 Å². The van der Waals surface area contributed by atoms with E-state index in [-0.39, 0.29) is 18.0 Å². The summed E-state index contributed by atoms with van der Waals surface area (Å²) < 4.78 is 11.9. The highest BCUT2D eigenvalue weighted by molar-refractivity contribution is 6.01. The van der Waals surface area contributed by atoms with Crippen LogP contribution in [0.3, 0.4) is 0 Å². The Morgan fingerprint density at radius 3 is 2.52 bits per heavy atom. The summed E-state index contributed by atoms with van der Waals surface area (Å²) in [5.74, 6) is 0.497. The number of nitrogens with zero attached hydrogens (tertiary/aromatic N) is 4. The van der Waals surface area contributed by atoms with Crippen LogP contribution < -0.4 is 10.5 Å². The molecule has 0 aliphatic rings.